The van der Waals surface area contributed by atoms with E-state index < -0.39 is 0 Å². The van der Waals surface area contributed by atoms with Crippen LogP contribution in [0.2, 0.25) is 0 Å². The normalized spacial score (nSPS) is 14.1. The van der Waals surface area contributed by atoms with Crippen molar-refractivity contribution in [2.45, 2.75) is 38.6 Å². The number of benzene rings is 1. The van der Waals surface area contributed by atoms with Crippen LogP contribution in [0.15, 0.2) is 34.9 Å². The van der Waals surface area contributed by atoms with E-state index >= 15 is 0 Å². The van der Waals surface area contributed by atoms with Crippen molar-refractivity contribution >= 4 is 30.7 Å². The molecule has 1 saturated heterocycles. The lowest BCUT2D eigenvalue weighted by Crippen LogP contribution is -2.47. The monoisotopic (exact) mass is 417 g/mol. The molecule has 150 valence electrons. The Morgan fingerprint density at radius 1 is 1.26 bits per heavy atom. The molecule has 0 spiro atoms. The molecule has 1 N–H and O–H groups in total. The van der Waals surface area contributed by atoms with E-state index in [0.717, 1.165) is 38.9 Å². The summed E-state index contributed by atoms with van der Waals surface area (Å²) >= 11 is 0. The highest BCUT2D eigenvalue weighted by Gasteiger charge is 2.25. The van der Waals surface area contributed by atoms with Gasteiger partial charge >= 0.3 is 0 Å². The fourth-order valence-electron chi connectivity index (χ4n) is 3.24. The third-order valence-electron chi connectivity index (χ3n) is 4.51. The first-order valence-electron chi connectivity index (χ1n) is 8.88. The number of nitrogens with zero attached hydrogens (tertiary/aromatic N) is 2. The molecule has 1 amide bonds. The number of aromatic nitrogens is 1. The lowest BCUT2D eigenvalue weighted by Gasteiger charge is -2.34. The third-order valence-corrected chi connectivity index (χ3v) is 4.51. The van der Waals surface area contributed by atoms with E-state index in [0.29, 0.717) is 23.2 Å². The number of nitrogens with one attached hydrogen (secondary N) is 1. The van der Waals surface area contributed by atoms with Crippen molar-refractivity contribution in [2.75, 3.05) is 19.6 Å². The number of hydrogen-bond donors (Lipinski definition) is 1. The molecule has 1 aromatic carbocycles. The van der Waals surface area contributed by atoms with Crippen LogP contribution in [0.1, 0.15) is 31.9 Å². The number of hydrogen-bond acceptors (Lipinski definition) is 4. The molecule has 5 nitrogen and oxygen atoms in total. The zero-order chi connectivity index (χ0) is 17.6. The first-order chi connectivity index (χ1) is 12.2. The van der Waals surface area contributed by atoms with Crippen molar-refractivity contribution in [1.82, 2.24) is 15.2 Å². The zero-order valence-corrected chi connectivity index (χ0v) is 17.0. The molecule has 8 heteroatoms. The number of rotatable bonds is 6. The van der Waals surface area contributed by atoms with Crippen LogP contribution in [0, 0.1) is 5.82 Å². The number of oxazole rings is 1. The van der Waals surface area contributed by atoms with Crippen molar-refractivity contribution < 1.29 is 13.6 Å². The van der Waals surface area contributed by atoms with Gasteiger partial charge in [0, 0.05) is 18.2 Å². The van der Waals surface area contributed by atoms with Gasteiger partial charge in [0.25, 0.3) is 0 Å². The van der Waals surface area contributed by atoms with Gasteiger partial charge in [-0.2, -0.15) is 0 Å². The van der Waals surface area contributed by atoms with Gasteiger partial charge in [-0.1, -0.05) is 6.92 Å². The van der Waals surface area contributed by atoms with Gasteiger partial charge in [0.1, 0.15) is 12.1 Å². The van der Waals surface area contributed by atoms with Gasteiger partial charge in [0.2, 0.25) is 11.8 Å². The zero-order valence-electron chi connectivity index (χ0n) is 15.3. The smallest absolute Gasteiger partial charge is 0.228 e. The summed E-state index contributed by atoms with van der Waals surface area (Å²) in [6.45, 7) is 4.77. The van der Waals surface area contributed by atoms with Gasteiger partial charge in [-0.15, -0.1) is 24.8 Å². The van der Waals surface area contributed by atoms with Crippen molar-refractivity contribution in [2.24, 2.45) is 0 Å². The van der Waals surface area contributed by atoms with Crippen molar-refractivity contribution in [3.63, 3.8) is 0 Å². The SMILES string of the molecule is CCCN(C(=O)Cc1coc(-c2ccc(F)cc2)n1)C1CCNCC1.Cl.Cl. The van der Waals surface area contributed by atoms with E-state index in [1.165, 1.54) is 18.4 Å². The van der Waals surface area contributed by atoms with E-state index in [1.54, 1.807) is 12.1 Å². The molecule has 0 saturated carbocycles. The minimum Gasteiger partial charge on any atom is -0.444 e. The molecule has 1 aliphatic heterocycles. The van der Waals surface area contributed by atoms with E-state index in [1.807, 2.05) is 4.90 Å². The molecule has 0 aliphatic carbocycles. The van der Waals surface area contributed by atoms with Crippen LogP contribution >= 0.6 is 24.8 Å². The number of carbonyl (C=O) groups excluding carboxylic acids is 1. The lowest BCUT2D eigenvalue weighted by atomic mass is 10.0. The predicted octanol–water partition coefficient (Wildman–Crippen LogP) is 3.86. The Morgan fingerprint density at radius 3 is 2.56 bits per heavy atom. The minimum atomic E-state index is -0.303. The molecule has 0 radical (unpaired) electrons. The van der Waals surface area contributed by atoms with Crippen molar-refractivity contribution in [3.05, 3.63) is 42.0 Å². The Hall–Kier alpha value is -1.63. The van der Waals surface area contributed by atoms with Gasteiger partial charge in [0.15, 0.2) is 0 Å². The van der Waals surface area contributed by atoms with Crippen LogP contribution in [0.4, 0.5) is 4.39 Å². The highest BCUT2D eigenvalue weighted by molar-refractivity contribution is 5.85. The molecule has 3 rings (SSSR count). The molecular formula is C19H26Cl2FN3O2. The summed E-state index contributed by atoms with van der Waals surface area (Å²) in [7, 11) is 0. The average Bonchev–Trinajstić information content (AvgIpc) is 3.09. The second-order valence-corrected chi connectivity index (χ2v) is 6.40. The Labute approximate surface area is 171 Å². The molecule has 0 atom stereocenters. The molecule has 27 heavy (non-hydrogen) atoms. The Balaban J connectivity index is 0.00000182. The summed E-state index contributed by atoms with van der Waals surface area (Å²) in [5, 5.41) is 3.33. The summed E-state index contributed by atoms with van der Waals surface area (Å²) in [5.41, 5.74) is 1.31. The molecule has 2 heterocycles. The molecule has 1 fully saturated rings. The van der Waals surface area contributed by atoms with E-state index in [9.17, 15) is 9.18 Å². The fraction of sp³-hybridized carbons (Fsp3) is 0.474. The summed E-state index contributed by atoms with van der Waals surface area (Å²) in [5.74, 6) is 0.197. The second kappa shape index (κ2) is 11.3. The average molecular weight is 418 g/mol. The van der Waals surface area contributed by atoms with Gasteiger partial charge in [-0.25, -0.2) is 9.37 Å². The lowest BCUT2D eigenvalue weighted by molar-refractivity contribution is -0.133. The van der Waals surface area contributed by atoms with Gasteiger partial charge in [0.05, 0.1) is 12.1 Å². The van der Waals surface area contributed by atoms with Crippen LogP contribution in [-0.4, -0.2) is 41.5 Å². The molecule has 1 aromatic heterocycles. The highest BCUT2D eigenvalue weighted by atomic mass is 35.5. The van der Waals surface area contributed by atoms with Crippen LogP contribution in [-0.2, 0) is 11.2 Å². The Kier molecular flexibility index (Phi) is 9.77. The first kappa shape index (κ1) is 23.4. The summed E-state index contributed by atoms with van der Waals surface area (Å²) in [4.78, 5) is 19.1. The fourth-order valence-corrected chi connectivity index (χ4v) is 3.24. The number of carbonyl (C=O) groups is 1. The minimum absolute atomic E-state index is 0. The molecule has 1 aliphatic rings. The Bertz CT molecular complexity index is 703. The standard InChI is InChI=1S/C19H24FN3O2.2ClH/c1-2-11-23(17-7-9-21-10-8-17)18(24)12-16-13-25-19(22-16)14-3-5-15(20)6-4-14;;/h3-6,13,17,21H,2,7-12H2,1H3;2*1H. The molecule has 0 unspecified atom stereocenters. The van der Waals surface area contributed by atoms with Crippen LogP contribution in [0.5, 0.6) is 0 Å². The molecule has 2 aromatic rings. The van der Waals surface area contributed by atoms with Crippen LogP contribution < -0.4 is 5.32 Å². The first-order valence-corrected chi connectivity index (χ1v) is 8.88. The topological polar surface area (TPSA) is 58.4 Å². The summed E-state index contributed by atoms with van der Waals surface area (Å²) < 4.78 is 18.5. The van der Waals surface area contributed by atoms with Crippen LogP contribution in [0.25, 0.3) is 11.5 Å². The van der Waals surface area contributed by atoms with E-state index in [4.69, 9.17) is 4.42 Å². The molecule has 0 bridgehead atoms. The highest BCUT2D eigenvalue weighted by Crippen LogP contribution is 2.20. The third kappa shape index (κ3) is 6.19. The number of halogens is 3. The quantitative estimate of drug-likeness (QED) is 0.774. The Morgan fingerprint density at radius 2 is 1.93 bits per heavy atom. The van der Waals surface area contributed by atoms with Gasteiger partial charge < -0.3 is 14.6 Å². The maximum absolute atomic E-state index is 13.0. The maximum Gasteiger partial charge on any atom is 0.228 e. The van der Waals surface area contributed by atoms with Gasteiger partial charge in [-0.05, 0) is 56.6 Å². The van der Waals surface area contributed by atoms with Gasteiger partial charge in [-0.3, -0.25) is 4.79 Å². The predicted molar refractivity (Wildman–Crippen MR) is 108 cm³/mol. The van der Waals surface area contributed by atoms with Crippen molar-refractivity contribution in [1.29, 1.82) is 0 Å². The number of amides is 1. The van der Waals surface area contributed by atoms with Crippen LogP contribution in [0.3, 0.4) is 0 Å². The van der Waals surface area contributed by atoms with E-state index in [2.05, 4.69) is 17.2 Å². The van der Waals surface area contributed by atoms with E-state index in [-0.39, 0.29) is 43.0 Å². The maximum atomic E-state index is 13.0. The number of piperidine rings is 1. The largest absolute Gasteiger partial charge is 0.444 e. The summed E-state index contributed by atoms with van der Waals surface area (Å²) in [6.07, 6.45) is 4.67. The second-order valence-electron chi connectivity index (χ2n) is 6.40. The molecular weight excluding hydrogens is 392 g/mol. The summed E-state index contributed by atoms with van der Waals surface area (Å²) in [6, 6.07) is 6.27. The van der Waals surface area contributed by atoms with Crippen molar-refractivity contribution in [3.8, 4) is 11.5 Å².